The van der Waals surface area contributed by atoms with Crippen LogP contribution in [0.5, 0.6) is 0 Å². The molecule has 1 fully saturated rings. The molecule has 0 spiro atoms. The summed E-state index contributed by atoms with van der Waals surface area (Å²) in [6.45, 7) is 1.22. The van der Waals surface area contributed by atoms with Crippen molar-refractivity contribution in [2.24, 2.45) is 11.7 Å². The predicted octanol–water partition coefficient (Wildman–Crippen LogP) is 3.61. The molecule has 1 aliphatic heterocycles. The summed E-state index contributed by atoms with van der Waals surface area (Å²) in [6.07, 6.45) is 4.64. The van der Waals surface area contributed by atoms with Crippen molar-refractivity contribution in [2.45, 2.75) is 31.6 Å². The third-order valence-corrected chi connectivity index (χ3v) is 6.06. The number of aromatic amines is 1. The van der Waals surface area contributed by atoms with Gasteiger partial charge in [0.25, 0.3) is 0 Å². The van der Waals surface area contributed by atoms with Gasteiger partial charge in [0.15, 0.2) is 0 Å². The highest BCUT2D eigenvalue weighted by Crippen LogP contribution is 2.32. The highest BCUT2D eigenvalue weighted by atomic mass is 16.2. The van der Waals surface area contributed by atoms with Crippen LogP contribution in [0.2, 0.25) is 0 Å². The van der Waals surface area contributed by atoms with Crippen LogP contribution >= 0.6 is 0 Å². The lowest BCUT2D eigenvalue weighted by Crippen LogP contribution is -2.42. The molecule has 0 radical (unpaired) electrons. The van der Waals surface area contributed by atoms with Gasteiger partial charge in [-0.3, -0.25) is 9.59 Å². The van der Waals surface area contributed by atoms with Gasteiger partial charge in [-0.05, 0) is 42.4 Å². The molecular weight excluding hydrogens is 362 g/mol. The number of hydrogen-bond donors (Lipinski definition) is 2. The highest BCUT2D eigenvalue weighted by Gasteiger charge is 2.28. The van der Waals surface area contributed by atoms with Crippen LogP contribution in [0.25, 0.3) is 10.9 Å². The maximum Gasteiger partial charge on any atom is 0.223 e. The first-order valence-corrected chi connectivity index (χ1v) is 10.3. The topological polar surface area (TPSA) is 79.2 Å². The number of piperidine rings is 1. The minimum absolute atomic E-state index is 0.0925. The monoisotopic (exact) mass is 389 g/mol. The lowest BCUT2D eigenvalue weighted by molar-refractivity contribution is -0.135. The molecule has 1 aromatic heterocycles. The fourth-order valence-corrected chi connectivity index (χ4v) is 4.38. The molecule has 0 saturated carbocycles. The Balaban J connectivity index is 1.54. The Bertz CT molecular complexity index is 988. The van der Waals surface area contributed by atoms with Gasteiger partial charge in [0.1, 0.15) is 0 Å². The molecule has 2 amide bonds. The molecule has 150 valence electrons. The van der Waals surface area contributed by atoms with Gasteiger partial charge in [-0.1, -0.05) is 48.5 Å². The summed E-state index contributed by atoms with van der Waals surface area (Å²) < 4.78 is 0. The van der Waals surface area contributed by atoms with E-state index < -0.39 is 0 Å². The van der Waals surface area contributed by atoms with Crippen molar-refractivity contribution in [1.82, 2.24) is 9.88 Å². The molecule has 5 nitrogen and oxygen atoms in total. The molecule has 1 atom stereocenters. The van der Waals surface area contributed by atoms with E-state index >= 15 is 0 Å². The molecule has 0 aliphatic carbocycles. The van der Waals surface area contributed by atoms with Crippen LogP contribution in [0.3, 0.4) is 0 Å². The van der Waals surface area contributed by atoms with E-state index in [1.807, 2.05) is 41.4 Å². The van der Waals surface area contributed by atoms with Crippen molar-refractivity contribution in [3.63, 3.8) is 0 Å². The Morgan fingerprint density at radius 3 is 2.45 bits per heavy atom. The lowest BCUT2D eigenvalue weighted by Gasteiger charge is -2.31. The number of carbonyl (C=O) groups is 2. The van der Waals surface area contributed by atoms with Gasteiger partial charge in [0.2, 0.25) is 11.8 Å². The average Bonchev–Trinajstić information content (AvgIpc) is 3.18. The Kier molecular flexibility index (Phi) is 5.65. The number of benzene rings is 2. The van der Waals surface area contributed by atoms with E-state index in [4.69, 9.17) is 5.73 Å². The molecule has 2 aromatic carbocycles. The number of H-pyrrole nitrogens is 1. The summed E-state index contributed by atoms with van der Waals surface area (Å²) in [6, 6.07) is 18.6. The van der Waals surface area contributed by atoms with E-state index in [2.05, 4.69) is 29.2 Å². The zero-order chi connectivity index (χ0) is 20.2. The van der Waals surface area contributed by atoms with E-state index in [0.29, 0.717) is 32.4 Å². The Morgan fingerprint density at radius 1 is 1.03 bits per heavy atom. The van der Waals surface area contributed by atoms with E-state index in [-0.39, 0.29) is 23.7 Å². The van der Waals surface area contributed by atoms with Crippen LogP contribution in [-0.2, 0) is 16.0 Å². The number of nitrogens with two attached hydrogens (primary N) is 1. The van der Waals surface area contributed by atoms with E-state index in [9.17, 15) is 9.59 Å². The van der Waals surface area contributed by atoms with Crippen molar-refractivity contribution in [2.75, 3.05) is 13.1 Å². The summed E-state index contributed by atoms with van der Waals surface area (Å²) >= 11 is 0. The first kappa shape index (κ1) is 19.2. The highest BCUT2D eigenvalue weighted by molar-refractivity contribution is 5.85. The molecule has 3 aromatic rings. The molecule has 5 heteroatoms. The lowest BCUT2D eigenvalue weighted by atomic mass is 9.88. The SMILES string of the molecule is NC(=O)C1CCN(C(=O)CC(Cc2ccccc2)c2c[nH]c3ccccc23)CC1. The Morgan fingerprint density at radius 2 is 1.72 bits per heavy atom. The zero-order valence-electron chi connectivity index (χ0n) is 16.5. The number of para-hydroxylation sites is 1. The van der Waals surface area contributed by atoms with Crippen molar-refractivity contribution < 1.29 is 9.59 Å². The number of primary amides is 1. The van der Waals surface area contributed by atoms with Gasteiger partial charge >= 0.3 is 0 Å². The van der Waals surface area contributed by atoms with E-state index in [1.54, 1.807) is 0 Å². The van der Waals surface area contributed by atoms with Crippen LogP contribution in [0.15, 0.2) is 60.8 Å². The van der Waals surface area contributed by atoms with Crippen molar-refractivity contribution in [3.05, 3.63) is 71.9 Å². The Hall–Kier alpha value is -3.08. The number of rotatable bonds is 6. The summed E-state index contributed by atoms with van der Waals surface area (Å²) in [7, 11) is 0. The molecular formula is C24H27N3O2. The normalized spacial score (nSPS) is 16.1. The quantitative estimate of drug-likeness (QED) is 0.675. The second kappa shape index (κ2) is 8.52. The molecule has 1 aliphatic rings. The third-order valence-electron chi connectivity index (χ3n) is 6.06. The van der Waals surface area contributed by atoms with E-state index in [1.165, 1.54) is 16.5 Å². The number of carbonyl (C=O) groups excluding carboxylic acids is 2. The second-order valence-electron chi connectivity index (χ2n) is 7.94. The average molecular weight is 389 g/mol. The molecule has 29 heavy (non-hydrogen) atoms. The molecule has 1 unspecified atom stereocenters. The fourth-order valence-electron chi connectivity index (χ4n) is 4.38. The molecule has 4 rings (SSSR count). The van der Waals surface area contributed by atoms with Crippen LogP contribution in [0.4, 0.5) is 0 Å². The Labute approximate surface area is 170 Å². The first-order chi connectivity index (χ1) is 14.1. The number of fused-ring (bicyclic) bond motifs is 1. The van der Waals surface area contributed by atoms with Gasteiger partial charge in [0, 0.05) is 42.5 Å². The minimum atomic E-state index is -0.252. The largest absolute Gasteiger partial charge is 0.369 e. The van der Waals surface area contributed by atoms with Gasteiger partial charge in [0.05, 0.1) is 0 Å². The minimum Gasteiger partial charge on any atom is -0.369 e. The summed E-state index contributed by atoms with van der Waals surface area (Å²) in [5.74, 6) is -0.111. The number of nitrogens with zero attached hydrogens (tertiary/aromatic N) is 1. The molecule has 3 N–H and O–H groups in total. The predicted molar refractivity (Wildman–Crippen MR) is 114 cm³/mol. The first-order valence-electron chi connectivity index (χ1n) is 10.3. The second-order valence-corrected chi connectivity index (χ2v) is 7.94. The summed E-state index contributed by atoms with van der Waals surface area (Å²) in [5, 5.41) is 1.17. The fraction of sp³-hybridized carbons (Fsp3) is 0.333. The number of nitrogens with one attached hydrogen (secondary N) is 1. The molecule has 1 saturated heterocycles. The summed E-state index contributed by atoms with van der Waals surface area (Å²) in [4.78, 5) is 29.8. The molecule has 0 bridgehead atoms. The van der Waals surface area contributed by atoms with Crippen LogP contribution < -0.4 is 5.73 Å². The van der Waals surface area contributed by atoms with E-state index in [0.717, 1.165) is 11.9 Å². The zero-order valence-corrected chi connectivity index (χ0v) is 16.5. The maximum atomic E-state index is 13.1. The van der Waals surface area contributed by atoms with Crippen LogP contribution in [0.1, 0.15) is 36.3 Å². The van der Waals surface area contributed by atoms with Crippen molar-refractivity contribution in [3.8, 4) is 0 Å². The van der Waals surface area contributed by atoms with Gasteiger partial charge in [-0.15, -0.1) is 0 Å². The number of amides is 2. The maximum absolute atomic E-state index is 13.1. The van der Waals surface area contributed by atoms with Crippen molar-refractivity contribution >= 4 is 22.7 Å². The van der Waals surface area contributed by atoms with Gasteiger partial charge < -0.3 is 15.6 Å². The van der Waals surface area contributed by atoms with Gasteiger partial charge in [-0.25, -0.2) is 0 Å². The number of hydrogen-bond acceptors (Lipinski definition) is 2. The smallest absolute Gasteiger partial charge is 0.223 e. The summed E-state index contributed by atoms with van der Waals surface area (Å²) in [5.41, 5.74) is 8.93. The van der Waals surface area contributed by atoms with Crippen LogP contribution in [0, 0.1) is 5.92 Å². The third kappa shape index (κ3) is 4.34. The molecule has 2 heterocycles. The number of likely N-dealkylation sites (tertiary alicyclic amines) is 1. The van der Waals surface area contributed by atoms with Gasteiger partial charge in [-0.2, -0.15) is 0 Å². The van der Waals surface area contributed by atoms with Crippen molar-refractivity contribution in [1.29, 1.82) is 0 Å². The van der Waals surface area contributed by atoms with Crippen LogP contribution in [-0.4, -0.2) is 34.8 Å². The standard InChI is InChI=1S/C24H27N3O2/c25-24(29)18-10-12-27(13-11-18)23(28)15-19(14-17-6-2-1-3-7-17)21-16-26-22-9-5-4-8-20(21)22/h1-9,16,18-19,26H,10-15H2,(H2,25,29). The number of aromatic nitrogens is 1.